The highest BCUT2D eigenvalue weighted by Crippen LogP contribution is 2.25. The van der Waals surface area contributed by atoms with Gasteiger partial charge in [-0.1, -0.05) is 59.7 Å². The number of aryl methyl sites for hydroxylation is 2. The Hall–Kier alpha value is -3.27. The van der Waals surface area contributed by atoms with E-state index in [-0.39, 0.29) is 0 Å². The van der Waals surface area contributed by atoms with E-state index in [1.165, 1.54) is 6.08 Å². The number of carbonyl (C=O) groups is 2. The molecule has 3 aromatic rings. The van der Waals surface area contributed by atoms with E-state index in [1.54, 1.807) is 10.9 Å². The highest BCUT2D eigenvalue weighted by atomic mass is 16.1. The number of hydrogen-bond donors (Lipinski definition) is 0. The minimum atomic E-state index is 0.479. The van der Waals surface area contributed by atoms with Gasteiger partial charge in [-0.3, -0.25) is 9.59 Å². The van der Waals surface area contributed by atoms with E-state index >= 15 is 0 Å². The summed E-state index contributed by atoms with van der Waals surface area (Å²) in [5.74, 6) is 0. The van der Waals surface area contributed by atoms with Crippen LogP contribution in [0.2, 0.25) is 0 Å². The van der Waals surface area contributed by atoms with Crippen LogP contribution >= 0.6 is 0 Å². The van der Waals surface area contributed by atoms with Crippen LogP contribution in [0.1, 0.15) is 27.0 Å². The SMILES string of the molecule is Cc1ccc(/C(=C\C=O)n2cc(C=O)c(-c3ccc(C)cc3)n2)cc1. The van der Waals surface area contributed by atoms with Crippen LogP contribution in [-0.4, -0.2) is 22.4 Å². The molecule has 0 aliphatic carbocycles. The van der Waals surface area contributed by atoms with Crippen molar-refractivity contribution in [1.82, 2.24) is 9.78 Å². The van der Waals surface area contributed by atoms with Crippen molar-refractivity contribution in [3.63, 3.8) is 0 Å². The van der Waals surface area contributed by atoms with Gasteiger partial charge < -0.3 is 0 Å². The summed E-state index contributed by atoms with van der Waals surface area (Å²) in [7, 11) is 0. The summed E-state index contributed by atoms with van der Waals surface area (Å²) in [6, 6.07) is 15.6. The molecule has 0 radical (unpaired) electrons. The molecule has 0 aliphatic rings. The molecule has 3 rings (SSSR count). The van der Waals surface area contributed by atoms with Crippen molar-refractivity contribution in [2.45, 2.75) is 13.8 Å². The third-order valence-electron chi connectivity index (χ3n) is 4.01. The van der Waals surface area contributed by atoms with Gasteiger partial charge in [-0.25, -0.2) is 4.68 Å². The van der Waals surface area contributed by atoms with Crippen molar-refractivity contribution in [2.75, 3.05) is 0 Å². The van der Waals surface area contributed by atoms with Gasteiger partial charge in [0.15, 0.2) is 6.29 Å². The maximum Gasteiger partial charge on any atom is 0.153 e. The van der Waals surface area contributed by atoms with Crippen molar-refractivity contribution in [3.8, 4) is 11.3 Å². The van der Waals surface area contributed by atoms with Gasteiger partial charge in [0.2, 0.25) is 0 Å². The number of nitrogens with zero attached hydrogens (tertiary/aromatic N) is 2. The molecule has 0 amide bonds. The normalized spacial score (nSPS) is 11.4. The van der Waals surface area contributed by atoms with E-state index in [0.717, 1.165) is 34.8 Å². The number of hydrogen-bond acceptors (Lipinski definition) is 3. The molecule has 0 atom stereocenters. The Balaban J connectivity index is 2.10. The summed E-state index contributed by atoms with van der Waals surface area (Å²) in [4.78, 5) is 22.6. The minimum Gasteiger partial charge on any atom is -0.298 e. The van der Waals surface area contributed by atoms with Crippen molar-refractivity contribution in [3.05, 3.63) is 83.1 Å². The van der Waals surface area contributed by atoms with Crippen LogP contribution in [-0.2, 0) is 4.79 Å². The topological polar surface area (TPSA) is 52.0 Å². The fourth-order valence-electron chi connectivity index (χ4n) is 2.63. The molecule has 4 heteroatoms. The van der Waals surface area contributed by atoms with E-state index < -0.39 is 0 Å². The lowest BCUT2D eigenvalue weighted by Gasteiger charge is -2.07. The first-order valence-electron chi connectivity index (χ1n) is 7.97. The van der Waals surface area contributed by atoms with Gasteiger partial charge in [0.05, 0.1) is 11.3 Å². The lowest BCUT2D eigenvalue weighted by atomic mass is 10.1. The predicted octanol–water partition coefficient (Wildman–Crippen LogP) is 4.07. The average Bonchev–Trinajstić information content (AvgIpc) is 3.05. The molecule has 2 aromatic carbocycles. The molecule has 1 heterocycles. The fraction of sp³-hybridized carbons (Fsp3) is 0.0952. The second-order valence-electron chi connectivity index (χ2n) is 5.92. The zero-order chi connectivity index (χ0) is 17.8. The van der Waals surface area contributed by atoms with E-state index in [0.29, 0.717) is 17.0 Å². The Kier molecular flexibility index (Phi) is 4.70. The highest BCUT2D eigenvalue weighted by molar-refractivity contribution is 5.87. The molecule has 124 valence electrons. The standard InChI is InChI=1S/C21H18N2O2/c1-15-3-7-17(8-4-15)20(11-12-24)23-13-19(14-25)21(22-23)18-9-5-16(2)6-10-18/h3-14H,1-2H3/b20-11+. The monoisotopic (exact) mass is 330 g/mol. The maximum atomic E-state index is 11.5. The Morgan fingerprint density at radius 1 is 0.920 bits per heavy atom. The van der Waals surface area contributed by atoms with E-state index in [9.17, 15) is 9.59 Å². The Bertz CT molecular complexity index is 933. The van der Waals surface area contributed by atoms with E-state index in [2.05, 4.69) is 5.10 Å². The molecular weight excluding hydrogens is 312 g/mol. The van der Waals surface area contributed by atoms with Gasteiger partial charge in [0, 0.05) is 23.4 Å². The van der Waals surface area contributed by atoms with Gasteiger partial charge in [-0.2, -0.15) is 5.10 Å². The molecular formula is C21H18N2O2. The van der Waals surface area contributed by atoms with Gasteiger partial charge >= 0.3 is 0 Å². The molecule has 0 bridgehead atoms. The van der Waals surface area contributed by atoms with Gasteiger partial charge in [-0.15, -0.1) is 0 Å². The first-order chi connectivity index (χ1) is 12.1. The van der Waals surface area contributed by atoms with Gasteiger partial charge in [-0.05, 0) is 13.8 Å². The van der Waals surface area contributed by atoms with Crippen LogP contribution < -0.4 is 0 Å². The number of rotatable bonds is 5. The maximum absolute atomic E-state index is 11.5. The third kappa shape index (κ3) is 3.48. The number of carbonyl (C=O) groups excluding carboxylic acids is 2. The highest BCUT2D eigenvalue weighted by Gasteiger charge is 2.14. The van der Waals surface area contributed by atoms with Gasteiger partial charge in [0.25, 0.3) is 0 Å². The van der Waals surface area contributed by atoms with Crippen molar-refractivity contribution >= 4 is 18.3 Å². The molecule has 0 unspecified atom stereocenters. The number of aldehydes is 2. The molecule has 0 N–H and O–H groups in total. The second-order valence-corrected chi connectivity index (χ2v) is 5.92. The van der Waals surface area contributed by atoms with Crippen molar-refractivity contribution in [2.24, 2.45) is 0 Å². The third-order valence-corrected chi connectivity index (χ3v) is 4.01. The largest absolute Gasteiger partial charge is 0.298 e. The summed E-state index contributed by atoms with van der Waals surface area (Å²) in [5.41, 5.74) is 5.68. The summed E-state index contributed by atoms with van der Waals surface area (Å²) in [6.07, 6.45) is 4.61. The van der Waals surface area contributed by atoms with Crippen LogP contribution in [0.25, 0.3) is 17.0 Å². The first-order valence-corrected chi connectivity index (χ1v) is 7.97. The van der Waals surface area contributed by atoms with Crippen LogP contribution in [0.15, 0.2) is 60.8 Å². The molecule has 0 saturated carbocycles. The predicted molar refractivity (Wildman–Crippen MR) is 98.4 cm³/mol. The average molecular weight is 330 g/mol. The van der Waals surface area contributed by atoms with Crippen molar-refractivity contribution in [1.29, 1.82) is 0 Å². The lowest BCUT2D eigenvalue weighted by molar-refractivity contribution is -0.104. The molecule has 0 spiro atoms. The molecule has 0 fully saturated rings. The number of allylic oxidation sites excluding steroid dienone is 1. The summed E-state index contributed by atoms with van der Waals surface area (Å²) in [6.45, 7) is 4.01. The van der Waals surface area contributed by atoms with Crippen LogP contribution in [0.3, 0.4) is 0 Å². The lowest BCUT2D eigenvalue weighted by Crippen LogP contribution is -2.00. The molecule has 25 heavy (non-hydrogen) atoms. The second kappa shape index (κ2) is 7.09. The van der Waals surface area contributed by atoms with Crippen LogP contribution in [0.5, 0.6) is 0 Å². The van der Waals surface area contributed by atoms with Crippen LogP contribution in [0, 0.1) is 13.8 Å². The Labute approximate surface area is 146 Å². The quantitative estimate of drug-likeness (QED) is 0.523. The summed E-state index contributed by atoms with van der Waals surface area (Å²) < 4.78 is 1.58. The fourth-order valence-corrected chi connectivity index (χ4v) is 2.63. The Morgan fingerprint density at radius 2 is 1.52 bits per heavy atom. The molecule has 0 saturated heterocycles. The van der Waals surface area contributed by atoms with Crippen molar-refractivity contribution < 1.29 is 9.59 Å². The van der Waals surface area contributed by atoms with Crippen LogP contribution in [0.4, 0.5) is 0 Å². The first kappa shape index (κ1) is 16.6. The molecule has 1 aromatic heterocycles. The smallest absolute Gasteiger partial charge is 0.153 e. The number of aromatic nitrogens is 2. The Morgan fingerprint density at radius 3 is 2.08 bits per heavy atom. The van der Waals surface area contributed by atoms with E-state index in [4.69, 9.17) is 0 Å². The summed E-state index contributed by atoms with van der Waals surface area (Å²) >= 11 is 0. The minimum absolute atomic E-state index is 0.479. The summed E-state index contributed by atoms with van der Waals surface area (Å²) in [5, 5.41) is 4.56. The number of benzene rings is 2. The molecule has 0 aliphatic heterocycles. The van der Waals surface area contributed by atoms with Gasteiger partial charge in [0.1, 0.15) is 12.0 Å². The zero-order valence-electron chi connectivity index (χ0n) is 14.1. The molecule has 4 nitrogen and oxygen atoms in total. The van der Waals surface area contributed by atoms with E-state index in [1.807, 2.05) is 62.4 Å². The zero-order valence-corrected chi connectivity index (χ0v) is 14.1.